The van der Waals surface area contributed by atoms with E-state index in [4.69, 9.17) is 10.2 Å². The second kappa shape index (κ2) is 3.72. The van der Waals surface area contributed by atoms with Gasteiger partial charge < -0.3 is 15.5 Å². The van der Waals surface area contributed by atoms with Crippen molar-refractivity contribution in [1.29, 1.82) is 0 Å². The Morgan fingerprint density at radius 2 is 2.43 bits per heavy atom. The number of rotatable bonds is 3. The molecule has 0 aromatic carbocycles. The third kappa shape index (κ3) is 1.73. The number of nitrogens with one attached hydrogen (secondary N) is 1. The summed E-state index contributed by atoms with van der Waals surface area (Å²) >= 11 is 1.32. The lowest BCUT2D eigenvalue weighted by atomic mass is 10.5. The molecular weight excluding hydrogens is 202 g/mol. The molecule has 0 aliphatic carbocycles. The summed E-state index contributed by atoms with van der Waals surface area (Å²) in [6, 6.07) is 0. The van der Waals surface area contributed by atoms with Crippen molar-refractivity contribution in [2.24, 2.45) is 0 Å². The first kappa shape index (κ1) is 9.10. The van der Waals surface area contributed by atoms with Gasteiger partial charge in [0.15, 0.2) is 5.13 Å². The Kier molecular flexibility index (Phi) is 2.42. The topological polar surface area (TPSA) is 89.9 Å². The molecule has 2 aromatic rings. The number of hydrogen-bond acceptors (Lipinski definition) is 7. The highest BCUT2D eigenvalue weighted by atomic mass is 32.1. The monoisotopic (exact) mass is 211 g/mol. The fourth-order valence-corrected chi connectivity index (χ4v) is 1.57. The quantitative estimate of drug-likeness (QED) is 0.768. The minimum atomic E-state index is 0.462. The third-order valence-corrected chi connectivity index (χ3v) is 2.34. The number of nitrogen functional groups attached to an aromatic ring is 1. The third-order valence-electron chi connectivity index (χ3n) is 1.53. The number of nitrogens with zero attached hydrogens (tertiary/aromatic N) is 3. The van der Waals surface area contributed by atoms with E-state index in [1.807, 2.05) is 7.05 Å². The maximum atomic E-state index is 5.49. The molecule has 0 aliphatic heterocycles. The van der Waals surface area contributed by atoms with E-state index < -0.39 is 0 Å². The first-order valence-corrected chi connectivity index (χ1v) is 4.80. The van der Waals surface area contributed by atoms with Gasteiger partial charge in [0, 0.05) is 0 Å². The molecule has 74 valence electrons. The van der Waals surface area contributed by atoms with Crippen LogP contribution in [0, 0.1) is 0 Å². The SMILES string of the molecule is CNCc1nnc(-c2cnc(N)s2)o1. The number of anilines is 1. The summed E-state index contributed by atoms with van der Waals surface area (Å²) in [5, 5.41) is 11.1. The Morgan fingerprint density at radius 1 is 1.57 bits per heavy atom. The van der Waals surface area contributed by atoms with Crippen molar-refractivity contribution in [2.45, 2.75) is 6.54 Å². The molecule has 0 atom stereocenters. The zero-order chi connectivity index (χ0) is 9.97. The average molecular weight is 211 g/mol. The van der Waals surface area contributed by atoms with Gasteiger partial charge in [-0.1, -0.05) is 11.3 Å². The van der Waals surface area contributed by atoms with E-state index >= 15 is 0 Å². The van der Waals surface area contributed by atoms with Crippen LogP contribution in [0.2, 0.25) is 0 Å². The summed E-state index contributed by atoms with van der Waals surface area (Å²) in [5.74, 6) is 1.01. The summed E-state index contributed by atoms with van der Waals surface area (Å²) in [7, 11) is 1.81. The van der Waals surface area contributed by atoms with Crippen LogP contribution in [0.1, 0.15) is 5.89 Å². The van der Waals surface area contributed by atoms with Crippen LogP contribution >= 0.6 is 11.3 Å². The first-order valence-electron chi connectivity index (χ1n) is 3.98. The molecule has 14 heavy (non-hydrogen) atoms. The van der Waals surface area contributed by atoms with Gasteiger partial charge in [0.1, 0.15) is 4.88 Å². The van der Waals surface area contributed by atoms with Crippen molar-refractivity contribution < 1.29 is 4.42 Å². The van der Waals surface area contributed by atoms with Crippen molar-refractivity contribution in [3.05, 3.63) is 12.1 Å². The van der Waals surface area contributed by atoms with Crippen LogP contribution in [0.3, 0.4) is 0 Å². The second-order valence-electron chi connectivity index (χ2n) is 2.59. The van der Waals surface area contributed by atoms with Gasteiger partial charge in [0.25, 0.3) is 5.89 Å². The highest BCUT2D eigenvalue weighted by Crippen LogP contribution is 2.25. The minimum absolute atomic E-state index is 0.462. The van der Waals surface area contributed by atoms with Gasteiger partial charge in [0.05, 0.1) is 12.7 Å². The van der Waals surface area contributed by atoms with Crippen LogP contribution in [-0.2, 0) is 6.54 Å². The number of aromatic nitrogens is 3. The molecule has 3 N–H and O–H groups in total. The molecule has 0 fully saturated rings. The molecule has 0 amide bonds. The summed E-state index contributed by atoms with van der Waals surface area (Å²) in [4.78, 5) is 4.69. The molecule has 0 aliphatic rings. The molecule has 0 unspecified atom stereocenters. The van der Waals surface area contributed by atoms with Crippen molar-refractivity contribution in [3.8, 4) is 10.8 Å². The Labute approximate surface area is 84.2 Å². The van der Waals surface area contributed by atoms with Crippen molar-refractivity contribution in [3.63, 3.8) is 0 Å². The highest BCUT2D eigenvalue weighted by molar-refractivity contribution is 7.18. The van der Waals surface area contributed by atoms with Gasteiger partial charge in [-0.3, -0.25) is 0 Å². The Bertz CT molecular complexity index is 423. The first-order chi connectivity index (χ1) is 6.79. The van der Waals surface area contributed by atoms with Crippen molar-refractivity contribution in [2.75, 3.05) is 12.8 Å². The van der Waals surface area contributed by atoms with E-state index in [9.17, 15) is 0 Å². The smallest absolute Gasteiger partial charge is 0.259 e. The van der Waals surface area contributed by atoms with Crippen LogP contribution in [0.15, 0.2) is 10.6 Å². The predicted octanol–water partition coefficient (Wildman–Crippen LogP) is 0.495. The Balaban J connectivity index is 2.24. The molecule has 2 rings (SSSR count). The van der Waals surface area contributed by atoms with E-state index in [2.05, 4.69) is 20.5 Å². The summed E-state index contributed by atoms with van der Waals surface area (Å²) in [6.45, 7) is 0.557. The van der Waals surface area contributed by atoms with E-state index in [1.54, 1.807) is 6.20 Å². The fraction of sp³-hybridized carbons (Fsp3) is 0.286. The van der Waals surface area contributed by atoms with Crippen LogP contribution < -0.4 is 11.1 Å². The zero-order valence-electron chi connectivity index (χ0n) is 7.52. The molecule has 7 heteroatoms. The molecule has 0 saturated heterocycles. The summed E-state index contributed by atoms with van der Waals surface area (Å²) < 4.78 is 5.35. The lowest BCUT2D eigenvalue weighted by Gasteiger charge is -1.88. The predicted molar refractivity (Wildman–Crippen MR) is 52.6 cm³/mol. The molecule has 0 radical (unpaired) electrons. The van der Waals surface area contributed by atoms with Crippen LogP contribution in [0.4, 0.5) is 5.13 Å². The molecular formula is C7H9N5OS. The number of hydrogen-bond donors (Lipinski definition) is 2. The maximum Gasteiger partial charge on any atom is 0.259 e. The lowest BCUT2D eigenvalue weighted by Crippen LogP contribution is -2.04. The average Bonchev–Trinajstić information content (AvgIpc) is 2.74. The van der Waals surface area contributed by atoms with Crippen LogP contribution in [-0.4, -0.2) is 22.2 Å². The molecule has 0 saturated carbocycles. The molecule has 2 heterocycles. The van der Waals surface area contributed by atoms with Gasteiger partial charge in [-0.05, 0) is 7.05 Å². The normalized spacial score (nSPS) is 10.6. The van der Waals surface area contributed by atoms with E-state index in [0.717, 1.165) is 4.88 Å². The maximum absolute atomic E-state index is 5.49. The number of nitrogens with two attached hydrogens (primary N) is 1. The minimum Gasteiger partial charge on any atom is -0.418 e. The van der Waals surface area contributed by atoms with Crippen molar-refractivity contribution >= 4 is 16.5 Å². The van der Waals surface area contributed by atoms with E-state index in [1.165, 1.54) is 11.3 Å². The largest absolute Gasteiger partial charge is 0.418 e. The fourth-order valence-electron chi connectivity index (χ4n) is 0.962. The van der Waals surface area contributed by atoms with E-state index in [0.29, 0.717) is 23.5 Å². The van der Waals surface area contributed by atoms with Gasteiger partial charge in [0.2, 0.25) is 5.89 Å². The van der Waals surface area contributed by atoms with E-state index in [-0.39, 0.29) is 0 Å². The number of thiazole rings is 1. The second-order valence-corrected chi connectivity index (χ2v) is 3.66. The molecule has 6 nitrogen and oxygen atoms in total. The molecule has 0 bridgehead atoms. The zero-order valence-corrected chi connectivity index (χ0v) is 8.34. The van der Waals surface area contributed by atoms with Gasteiger partial charge in [-0.2, -0.15) is 0 Å². The Morgan fingerprint density at radius 3 is 3.07 bits per heavy atom. The Hall–Kier alpha value is -1.47. The van der Waals surface area contributed by atoms with Gasteiger partial charge >= 0.3 is 0 Å². The van der Waals surface area contributed by atoms with Gasteiger partial charge in [-0.15, -0.1) is 10.2 Å². The lowest BCUT2D eigenvalue weighted by molar-refractivity contribution is 0.491. The summed E-state index contributed by atoms with van der Waals surface area (Å²) in [5.41, 5.74) is 5.49. The standard InChI is InChI=1S/C7H9N5OS/c1-9-3-5-11-12-6(13-5)4-2-10-7(8)14-4/h2,9H,3H2,1H3,(H2,8,10). The van der Waals surface area contributed by atoms with Crippen LogP contribution in [0.25, 0.3) is 10.8 Å². The van der Waals surface area contributed by atoms with Crippen LogP contribution in [0.5, 0.6) is 0 Å². The van der Waals surface area contributed by atoms with Gasteiger partial charge in [-0.25, -0.2) is 4.98 Å². The van der Waals surface area contributed by atoms with Crippen molar-refractivity contribution in [1.82, 2.24) is 20.5 Å². The summed E-state index contributed by atoms with van der Waals surface area (Å²) in [6.07, 6.45) is 1.62. The highest BCUT2D eigenvalue weighted by Gasteiger charge is 2.10. The molecule has 0 spiro atoms. The molecule has 2 aromatic heterocycles.